The van der Waals surface area contributed by atoms with Crippen LogP contribution in [0, 0.1) is 5.41 Å². The van der Waals surface area contributed by atoms with Crippen LogP contribution in [0.3, 0.4) is 0 Å². The molecule has 1 unspecified atom stereocenters. The van der Waals surface area contributed by atoms with Crippen LogP contribution in [0.4, 0.5) is 0 Å². The van der Waals surface area contributed by atoms with Gasteiger partial charge in [0.2, 0.25) is 11.8 Å². The molecule has 2 amide bonds. The zero-order valence-electron chi connectivity index (χ0n) is 14.3. The summed E-state index contributed by atoms with van der Waals surface area (Å²) < 4.78 is 5.56. The Morgan fingerprint density at radius 2 is 1.86 bits per heavy atom. The normalized spacial score (nSPS) is 22.4. The van der Waals surface area contributed by atoms with E-state index in [1.165, 1.54) is 0 Å². The predicted molar refractivity (Wildman–Crippen MR) is 82.9 cm³/mol. The molecule has 1 N–H and O–H groups in total. The van der Waals surface area contributed by atoms with Crippen molar-refractivity contribution in [1.82, 2.24) is 10.2 Å². The molecule has 5 nitrogen and oxygen atoms in total. The summed E-state index contributed by atoms with van der Waals surface area (Å²) in [7, 11) is 0. The SMILES string of the molecule is CCCCOCCN1C(=O)C(C)(C)NC(=O)C1C(C)(C)C. The Morgan fingerprint density at radius 3 is 2.38 bits per heavy atom. The van der Waals surface area contributed by atoms with Crippen LogP contribution >= 0.6 is 0 Å². The van der Waals surface area contributed by atoms with Gasteiger partial charge in [-0.1, -0.05) is 34.1 Å². The molecule has 1 aliphatic rings. The Kier molecular flexibility index (Phi) is 5.79. The van der Waals surface area contributed by atoms with E-state index in [2.05, 4.69) is 12.2 Å². The number of piperazine rings is 1. The van der Waals surface area contributed by atoms with Crippen LogP contribution in [0.15, 0.2) is 0 Å². The second-order valence-corrected chi connectivity index (χ2v) is 7.35. The van der Waals surface area contributed by atoms with Crippen LogP contribution in [0.25, 0.3) is 0 Å². The van der Waals surface area contributed by atoms with Gasteiger partial charge in [-0.15, -0.1) is 0 Å². The molecule has 1 saturated heterocycles. The summed E-state index contributed by atoms with van der Waals surface area (Å²) >= 11 is 0. The zero-order chi connectivity index (χ0) is 16.3. The van der Waals surface area contributed by atoms with Crippen molar-refractivity contribution in [2.24, 2.45) is 5.41 Å². The van der Waals surface area contributed by atoms with Gasteiger partial charge in [0.1, 0.15) is 11.6 Å². The van der Waals surface area contributed by atoms with Gasteiger partial charge in [0.25, 0.3) is 0 Å². The maximum absolute atomic E-state index is 12.6. The number of rotatable bonds is 6. The average Bonchev–Trinajstić information content (AvgIpc) is 2.32. The van der Waals surface area contributed by atoms with Crippen LogP contribution < -0.4 is 5.32 Å². The van der Waals surface area contributed by atoms with E-state index in [-0.39, 0.29) is 17.2 Å². The Morgan fingerprint density at radius 1 is 1.24 bits per heavy atom. The maximum atomic E-state index is 12.6. The zero-order valence-corrected chi connectivity index (χ0v) is 14.3. The minimum absolute atomic E-state index is 0.0406. The molecule has 1 rings (SSSR count). The van der Waals surface area contributed by atoms with Gasteiger partial charge >= 0.3 is 0 Å². The third kappa shape index (κ3) is 4.43. The number of nitrogens with one attached hydrogen (secondary N) is 1. The highest BCUT2D eigenvalue weighted by Gasteiger charge is 2.49. The lowest BCUT2D eigenvalue weighted by Gasteiger charge is -2.47. The van der Waals surface area contributed by atoms with Crippen molar-refractivity contribution in [2.45, 2.75) is 66.0 Å². The smallest absolute Gasteiger partial charge is 0.248 e. The largest absolute Gasteiger partial charge is 0.380 e. The lowest BCUT2D eigenvalue weighted by Crippen LogP contribution is -2.71. The molecule has 1 aliphatic heterocycles. The molecule has 0 radical (unpaired) electrons. The van der Waals surface area contributed by atoms with Gasteiger partial charge in [-0.05, 0) is 25.7 Å². The minimum Gasteiger partial charge on any atom is -0.380 e. The molecule has 0 aromatic heterocycles. The molecule has 0 bridgehead atoms. The monoisotopic (exact) mass is 298 g/mol. The standard InChI is InChI=1S/C16H30N2O3/c1-7-8-10-21-11-9-18-12(15(2,3)4)13(19)17-16(5,6)14(18)20/h12H,7-11H2,1-6H3,(H,17,19). The predicted octanol–water partition coefficient (Wildman–Crippen LogP) is 1.95. The van der Waals surface area contributed by atoms with Crippen LogP contribution in [0.2, 0.25) is 0 Å². The molecule has 1 atom stereocenters. The van der Waals surface area contributed by atoms with Gasteiger partial charge in [0.05, 0.1) is 6.61 Å². The van der Waals surface area contributed by atoms with Crippen molar-refractivity contribution in [2.75, 3.05) is 19.8 Å². The number of amides is 2. The first-order valence-corrected chi connectivity index (χ1v) is 7.82. The Labute approximate surface area is 128 Å². The van der Waals surface area contributed by atoms with Gasteiger partial charge in [0, 0.05) is 13.2 Å². The molecule has 5 heteroatoms. The highest BCUT2D eigenvalue weighted by atomic mass is 16.5. The summed E-state index contributed by atoms with van der Waals surface area (Å²) in [5.74, 6) is -0.123. The van der Waals surface area contributed by atoms with E-state index in [0.29, 0.717) is 19.8 Å². The molecule has 0 spiro atoms. The van der Waals surface area contributed by atoms with E-state index in [4.69, 9.17) is 4.74 Å². The van der Waals surface area contributed by atoms with E-state index in [1.54, 1.807) is 18.7 Å². The number of hydrogen-bond donors (Lipinski definition) is 1. The molecule has 0 aromatic carbocycles. The van der Waals surface area contributed by atoms with Gasteiger partial charge < -0.3 is 15.0 Å². The van der Waals surface area contributed by atoms with Crippen molar-refractivity contribution < 1.29 is 14.3 Å². The number of ether oxygens (including phenoxy) is 1. The second kappa shape index (κ2) is 6.77. The molecule has 0 aliphatic carbocycles. The highest BCUT2D eigenvalue weighted by Crippen LogP contribution is 2.30. The molecular formula is C16H30N2O3. The van der Waals surface area contributed by atoms with Gasteiger partial charge in [-0.25, -0.2) is 0 Å². The summed E-state index contributed by atoms with van der Waals surface area (Å²) in [4.78, 5) is 26.7. The van der Waals surface area contributed by atoms with Crippen molar-refractivity contribution in [3.05, 3.63) is 0 Å². The van der Waals surface area contributed by atoms with Crippen LogP contribution in [-0.4, -0.2) is 48.1 Å². The minimum atomic E-state index is -0.845. The lowest BCUT2D eigenvalue weighted by molar-refractivity contribution is -0.158. The fourth-order valence-corrected chi connectivity index (χ4v) is 2.65. The van der Waals surface area contributed by atoms with E-state index < -0.39 is 11.6 Å². The quantitative estimate of drug-likeness (QED) is 0.763. The summed E-state index contributed by atoms with van der Waals surface area (Å²) in [5, 5.41) is 2.83. The summed E-state index contributed by atoms with van der Waals surface area (Å²) in [6, 6.07) is -0.451. The van der Waals surface area contributed by atoms with Crippen molar-refractivity contribution in [1.29, 1.82) is 0 Å². The van der Waals surface area contributed by atoms with Gasteiger partial charge in [-0.2, -0.15) is 0 Å². The van der Waals surface area contributed by atoms with E-state index in [1.807, 2.05) is 20.8 Å². The number of unbranched alkanes of at least 4 members (excludes halogenated alkanes) is 1. The number of nitrogens with zero attached hydrogens (tertiary/aromatic N) is 1. The summed E-state index contributed by atoms with van der Waals surface area (Å²) in [5.41, 5.74) is -1.15. The topological polar surface area (TPSA) is 58.6 Å². The molecule has 1 heterocycles. The molecule has 0 aromatic rings. The number of carbonyl (C=O) groups is 2. The molecule has 0 saturated carbocycles. The van der Waals surface area contributed by atoms with Gasteiger partial charge in [0.15, 0.2) is 0 Å². The fourth-order valence-electron chi connectivity index (χ4n) is 2.65. The summed E-state index contributed by atoms with van der Waals surface area (Å²) in [6.07, 6.45) is 2.10. The fraction of sp³-hybridized carbons (Fsp3) is 0.875. The second-order valence-electron chi connectivity index (χ2n) is 7.35. The van der Waals surface area contributed by atoms with Crippen LogP contribution in [-0.2, 0) is 14.3 Å². The van der Waals surface area contributed by atoms with Crippen LogP contribution in [0.5, 0.6) is 0 Å². The molecule has 21 heavy (non-hydrogen) atoms. The number of hydrogen-bond acceptors (Lipinski definition) is 3. The Hall–Kier alpha value is -1.10. The Bertz CT molecular complexity index is 385. The number of carbonyl (C=O) groups excluding carboxylic acids is 2. The first kappa shape index (κ1) is 18.0. The Balaban J connectivity index is 2.80. The lowest BCUT2D eigenvalue weighted by atomic mass is 9.81. The first-order chi connectivity index (χ1) is 9.61. The summed E-state index contributed by atoms with van der Waals surface area (Å²) in [6.45, 7) is 13.2. The third-order valence-electron chi connectivity index (χ3n) is 3.73. The third-order valence-corrected chi connectivity index (χ3v) is 3.73. The molecular weight excluding hydrogens is 268 g/mol. The van der Waals surface area contributed by atoms with Gasteiger partial charge in [-0.3, -0.25) is 9.59 Å². The van der Waals surface area contributed by atoms with Crippen molar-refractivity contribution in [3.63, 3.8) is 0 Å². The maximum Gasteiger partial charge on any atom is 0.248 e. The van der Waals surface area contributed by atoms with Crippen LogP contribution in [0.1, 0.15) is 54.4 Å². The highest BCUT2D eigenvalue weighted by molar-refractivity contribution is 5.99. The van der Waals surface area contributed by atoms with E-state index in [0.717, 1.165) is 12.8 Å². The molecule has 122 valence electrons. The first-order valence-electron chi connectivity index (χ1n) is 7.82. The average molecular weight is 298 g/mol. The van der Waals surface area contributed by atoms with E-state index in [9.17, 15) is 9.59 Å². The molecule has 1 fully saturated rings. The van der Waals surface area contributed by atoms with Crippen molar-refractivity contribution >= 4 is 11.8 Å². The van der Waals surface area contributed by atoms with Crippen molar-refractivity contribution in [3.8, 4) is 0 Å². The van der Waals surface area contributed by atoms with E-state index >= 15 is 0 Å².